The molecule has 0 atom stereocenters. The minimum absolute atomic E-state index is 0.114. The second kappa shape index (κ2) is 9.43. The number of aryl methyl sites for hydroxylation is 2. The van der Waals surface area contributed by atoms with Crippen LogP contribution in [-0.2, 0) is 17.1 Å². The molecule has 0 radical (unpaired) electrons. The van der Waals surface area contributed by atoms with E-state index >= 15 is 0 Å². The monoisotopic (exact) mass is 409 g/mol. The van der Waals surface area contributed by atoms with Crippen molar-refractivity contribution in [2.75, 3.05) is 5.32 Å². The lowest BCUT2D eigenvalue weighted by molar-refractivity contribution is -0.114. The highest BCUT2D eigenvalue weighted by Crippen LogP contribution is 2.28. The quantitative estimate of drug-likeness (QED) is 0.563. The third-order valence-corrected chi connectivity index (χ3v) is 5.51. The number of carbonyl (C=O) groups excluding carboxylic acids is 2. The maximum atomic E-state index is 12.7. The van der Waals surface area contributed by atoms with Gasteiger partial charge in [0, 0.05) is 35.4 Å². The first-order valence-electron chi connectivity index (χ1n) is 9.22. The zero-order valence-corrected chi connectivity index (χ0v) is 17.4. The van der Waals surface area contributed by atoms with Crippen LogP contribution in [0.15, 0.2) is 57.9 Å². The van der Waals surface area contributed by atoms with E-state index in [1.165, 1.54) is 6.92 Å². The molecule has 0 fully saturated rings. The van der Waals surface area contributed by atoms with Crippen molar-refractivity contribution in [1.82, 2.24) is 10.5 Å². The van der Waals surface area contributed by atoms with Crippen LogP contribution in [0.25, 0.3) is 0 Å². The Kier molecular flexibility index (Phi) is 6.72. The maximum absolute atomic E-state index is 12.7. The third-order valence-electron chi connectivity index (χ3n) is 4.41. The topological polar surface area (TPSA) is 84.2 Å². The minimum atomic E-state index is -0.127. The summed E-state index contributed by atoms with van der Waals surface area (Å²) in [5, 5.41) is 9.66. The Morgan fingerprint density at radius 1 is 1.07 bits per heavy atom. The number of amides is 2. The Hall–Kier alpha value is -3.06. The molecule has 150 valence electrons. The summed E-state index contributed by atoms with van der Waals surface area (Å²) in [6, 6.07) is 14.9. The molecule has 1 aromatic heterocycles. The Morgan fingerprint density at radius 2 is 1.79 bits per heavy atom. The summed E-state index contributed by atoms with van der Waals surface area (Å²) in [5.74, 6) is 1.25. The molecular formula is C22H23N3O3S. The number of hydrogen-bond acceptors (Lipinski definition) is 5. The van der Waals surface area contributed by atoms with Gasteiger partial charge < -0.3 is 15.2 Å². The second-order valence-electron chi connectivity index (χ2n) is 6.65. The molecule has 0 unspecified atom stereocenters. The number of anilines is 1. The zero-order chi connectivity index (χ0) is 20.8. The van der Waals surface area contributed by atoms with E-state index < -0.39 is 0 Å². The SMILES string of the molecule is CC(=O)Nc1ccc(CNC(=O)c2ccccc2SCc2c(C)noc2C)cc1. The lowest BCUT2D eigenvalue weighted by atomic mass is 10.2. The minimum Gasteiger partial charge on any atom is -0.361 e. The lowest BCUT2D eigenvalue weighted by Gasteiger charge is -2.10. The summed E-state index contributed by atoms with van der Waals surface area (Å²) in [5.41, 5.74) is 4.25. The molecule has 0 aliphatic carbocycles. The van der Waals surface area contributed by atoms with Crippen LogP contribution in [0.1, 0.15) is 39.9 Å². The molecule has 2 amide bonds. The predicted molar refractivity (Wildman–Crippen MR) is 114 cm³/mol. The van der Waals surface area contributed by atoms with Gasteiger partial charge in [0.05, 0.1) is 11.3 Å². The fourth-order valence-electron chi connectivity index (χ4n) is 2.82. The Balaban J connectivity index is 1.63. The Bertz CT molecular complexity index is 993. The summed E-state index contributed by atoms with van der Waals surface area (Å²) < 4.78 is 5.21. The lowest BCUT2D eigenvalue weighted by Crippen LogP contribution is -2.23. The molecule has 6 nitrogen and oxygen atoms in total. The van der Waals surface area contributed by atoms with Crippen LogP contribution in [0.4, 0.5) is 5.69 Å². The molecule has 2 aromatic carbocycles. The van der Waals surface area contributed by atoms with Crippen LogP contribution in [0, 0.1) is 13.8 Å². The van der Waals surface area contributed by atoms with E-state index in [-0.39, 0.29) is 11.8 Å². The number of nitrogens with zero attached hydrogens (tertiary/aromatic N) is 1. The van der Waals surface area contributed by atoms with Crippen LogP contribution in [0.3, 0.4) is 0 Å². The van der Waals surface area contributed by atoms with E-state index in [2.05, 4.69) is 15.8 Å². The molecular weight excluding hydrogens is 386 g/mol. The largest absolute Gasteiger partial charge is 0.361 e. The molecule has 3 rings (SSSR count). The van der Waals surface area contributed by atoms with Crippen LogP contribution in [-0.4, -0.2) is 17.0 Å². The van der Waals surface area contributed by atoms with Crippen molar-refractivity contribution in [3.63, 3.8) is 0 Å². The van der Waals surface area contributed by atoms with E-state index in [9.17, 15) is 9.59 Å². The van der Waals surface area contributed by atoms with Gasteiger partial charge in [0.15, 0.2) is 0 Å². The summed E-state index contributed by atoms with van der Waals surface area (Å²) in [4.78, 5) is 24.7. The molecule has 7 heteroatoms. The van der Waals surface area contributed by atoms with E-state index in [0.29, 0.717) is 17.9 Å². The first-order chi connectivity index (χ1) is 13.9. The average Bonchev–Trinajstić information content (AvgIpc) is 3.03. The van der Waals surface area contributed by atoms with E-state index in [1.807, 2.05) is 62.4 Å². The van der Waals surface area contributed by atoms with Crippen molar-refractivity contribution >= 4 is 29.3 Å². The van der Waals surface area contributed by atoms with Gasteiger partial charge in [-0.3, -0.25) is 9.59 Å². The van der Waals surface area contributed by atoms with Crippen molar-refractivity contribution in [2.45, 2.75) is 38.0 Å². The first kappa shape index (κ1) is 20.7. The number of rotatable bonds is 7. The third kappa shape index (κ3) is 5.48. The molecule has 0 spiro atoms. The Morgan fingerprint density at radius 3 is 2.45 bits per heavy atom. The summed E-state index contributed by atoms with van der Waals surface area (Å²) in [6.07, 6.45) is 0. The normalized spacial score (nSPS) is 10.6. The summed E-state index contributed by atoms with van der Waals surface area (Å²) in [6.45, 7) is 5.69. The van der Waals surface area contributed by atoms with Crippen LogP contribution in [0.2, 0.25) is 0 Å². The van der Waals surface area contributed by atoms with Gasteiger partial charge in [-0.15, -0.1) is 11.8 Å². The van der Waals surface area contributed by atoms with Gasteiger partial charge in [-0.25, -0.2) is 0 Å². The molecule has 29 heavy (non-hydrogen) atoms. The zero-order valence-electron chi connectivity index (χ0n) is 16.6. The molecule has 2 N–H and O–H groups in total. The van der Waals surface area contributed by atoms with E-state index in [1.54, 1.807) is 11.8 Å². The second-order valence-corrected chi connectivity index (χ2v) is 7.67. The molecule has 1 heterocycles. The van der Waals surface area contributed by atoms with E-state index in [4.69, 9.17) is 4.52 Å². The number of aromatic nitrogens is 1. The number of thioether (sulfide) groups is 1. The molecule has 0 saturated carbocycles. The maximum Gasteiger partial charge on any atom is 0.252 e. The van der Waals surface area contributed by atoms with Gasteiger partial charge in [0.1, 0.15) is 5.76 Å². The highest BCUT2D eigenvalue weighted by atomic mass is 32.2. The smallest absolute Gasteiger partial charge is 0.252 e. The molecule has 0 saturated heterocycles. The summed E-state index contributed by atoms with van der Waals surface area (Å²) in [7, 11) is 0. The van der Waals surface area contributed by atoms with Crippen molar-refractivity contribution in [2.24, 2.45) is 0 Å². The van der Waals surface area contributed by atoms with Crippen molar-refractivity contribution in [1.29, 1.82) is 0 Å². The number of benzene rings is 2. The summed E-state index contributed by atoms with van der Waals surface area (Å²) >= 11 is 1.59. The van der Waals surface area contributed by atoms with Crippen molar-refractivity contribution < 1.29 is 14.1 Å². The van der Waals surface area contributed by atoms with Gasteiger partial charge >= 0.3 is 0 Å². The Labute approximate surface area is 174 Å². The fraction of sp³-hybridized carbons (Fsp3) is 0.227. The van der Waals surface area contributed by atoms with Gasteiger partial charge in [-0.05, 0) is 43.7 Å². The average molecular weight is 410 g/mol. The molecule has 0 aliphatic heterocycles. The molecule has 0 aliphatic rings. The standard InChI is InChI=1S/C22H23N3O3S/c1-14-20(15(2)28-25-14)13-29-21-7-5-4-6-19(21)22(27)23-12-17-8-10-18(11-9-17)24-16(3)26/h4-11H,12-13H2,1-3H3,(H,23,27)(H,24,26). The van der Waals surface area contributed by atoms with Gasteiger partial charge in [0.2, 0.25) is 5.91 Å². The van der Waals surface area contributed by atoms with Gasteiger partial charge in [0.25, 0.3) is 5.91 Å². The van der Waals surface area contributed by atoms with Gasteiger partial charge in [-0.2, -0.15) is 0 Å². The van der Waals surface area contributed by atoms with Crippen molar-refractivity contribution in [3.05, 3.63) is 76.7 Å². The van der Waals surface area contributed by atoms with Crippen LogP contribution < -0.4 is 10.6 Å². The van der Waals surface area contributed by atoms with Gasteiger partial charge in [-0.1, -0.05) is 29.4 Å². The van der Waals surface area contributed by atoms with Crippen molar-refractivity contribution in [3.8, 4) is 0 Å². The number of nitrogens with one attached hydrogen (secondary N) is 2. The van der Waals surface area contributed by atoms with Crippen LogP contribution in [0.5, 0.6) is 0 Å². The van der Waals surface area contributed by atoms with Crippen LogP contribution >= 0.6 is 11.8 Å². The fourth-order valence-corrected chi connectivity index (χ4v) is 4.03. The highest BCUT2D eigenvalue weighted by Gasteiger charge is 2.14. The first-order valence-corrected chi connectivity index (χ1v) is 10.2. The molecule has 3 aromatic rings. The van der Waals surface area contributed by atoms with E-state index in [0.717, 1.165) is 33.2 Å². The number of carbonyl (C=O) groups is 2. The molecule has 0 bridgehead atoms. The highest BCUT2D eigenvalue weighted by molar-refractivity contribution is 7.98. The predicted octanol–water partition coefficient (Wildman–Crippen LogP) is 4.47. The number of hydrogen-bond donors (Lipinski definition) is 2.